The highest BCUT2D eigenvalue weighted by atomic mass is 32.1. The predicted molar refractivity (Wildman–Crippen MR) is 158 cm³/mol. The zero-order valence-corrected chi connectivity index (χ0v) is 23.5. The van der Waals surface area contributed by atoms with Crippen LogP contribution < -0.4 is 16.2 Å². The van der Waals surface area contributed by atoms with E-state index < -0.39 is 11.6 Å². The molecule has 2 aliphatic heterocycles. The molecule has 1 aromatic carbocycles. The Bertz CT molecular complexity index is 1590. The summed E-state index contributed by atoms with van der Waals surface area (Å²) < 4.78 is 37.1. The maximum absolute atomic E-state index is 16.2. The Hall–Kier alpha value is -3.81. The number of nitriles is 1. The second kappa shape index (κ2) is 11.0. The van der Waals surface area contributed by atoms with Gasteiger partial charge in [-0.05, 0) is 81.0 Å². The lowest BCUT2D eigenvalue weighted by atomic mass is 9.90. The molecule has 4 heterocycles. The molecule has 2 fully saturated rings. The molecule has 0 radical (unpaired) electrons. The molecular weight excluding hydrogens is 530 g/mol. The molecule has 0 unspecified atom stereocenters. The SMILES string of the molecule is C=C(C)c1c(CC)c(/C=C/C=C(/F)c2cc(C#N)c(N)s2)c(F)c2nc(OCC34CCCN3CCC4)nc(N)c12. The molecule has 0 aliphatic carbocycles. The smallest absolute Gasteiger partial charge is 0.319 e. The van der Waals surface area contributed by atoms with Gasteiger partial charge in [0.1, 0.15) is 34.8 Å². The number of rotatable bonds is 8. The minimum atomic E-state index is -0.588. The van der Waals surface area contributed by atoms with E-state index in [9.17, 15) is 4.39 Å². The first-order valence-corrected chi connectivity index (χ1v) is 14.2. The number of anilines is 2. The highest BCUT2D eigenvalue weighted by molar-refractivity contribution is 7.17. The van der Waals surface area contributed by atoms with Gasteiger partial charge >= 0.3 is 6.01 Å². The van der Waals surface area contributed by atoms with Crippen LogP contribution in [0.3, 0.4) is 0 Å². The summed E-state index contributed by atoms with van der Waals surface area (Å²) in [5.74, 6) is -1.04. The predicted octanol–water partition coefficient (Wildman–Crippen LogP) is 6.49. The van der Waals surface area contributed by atoms with Crippen LogP contribution in [0.4, 0.5) is 19.6 Å². The van der Waals surface area contributed by atoms with Gasteiger partial charge in [0.15, 0.2) is 5.82 Å². The van der Waals surface area contributed by atoms with E-state index in [4.69, 9.17) is 21.5 Å². The first-order chi connectivity index (χ1) is 19.2. The van der Waals surface area contributed by atoms with E-state index in [0.717, 1.165) is 50.1 Å². The fourth-order valence-electron chi connectivity index (χ4n) is 6.07. The summed E-state index contributed by atoms with van der Waals surface area (Å²) in [6.07, 6.45) is 9.00. The average molecular weight is 563 g/mol. The second-order valence-corrected chi connectivity index (χ2v) is 11.5. The Kier molecular flexibility index (Phi) is 7.62. The number of ether oxygens (including phenoxy) is 1. The quantitative estimate of drug-likeness (QED) is 0.302. The fraction of sp³-hybridized carbons (Fsp3) is 0.367. The van der Waals surface area contributed by atoms with Crippen molar-refractivity contribution in [1.29, 1.82) is 5.26 Å². The first-order valence-electron chi connectivity index (χ1n) is 13.4. The number of allylic oxidation sites excluding steroid dienone is 3. The van der Waals surface area contributed by atoms with E-state index in [1.54, 1.807) is 0 Å². The number of fused-ring (bicyclic) bond motifs is 2. The van der Waals surface area contributed by atoms with Crippen molar-refractivity contribution in [3.8, 4) is 12.1 Å². The van der Waals surface area contributed by atoms with Crippen LogP contribution in [-0.2, 0) is 6.42 Å². The number of hydrogen-bond acceptors (Lipinski definition) is 8. The number of nitrogens with zero attached hydrogens (tertiary/aromatic N) is 4. The molecule has 4 N–H and O–H groups in total. The van der Waals surface area contributed by atoms with Crippen molar-refractivity contribution in [2.24, 2.45) is 0 Å². The monoisotopic (exact) mass is 562 g/mol. The minimum absolute atomic E-state index is 0.0217. The first kappa shape index (κ1) is 27.7. The number of nitrogen functional groups attached to an aromatic ring is 2. The van der Waals surface area contributed by atoms with Crippen molar-refractivity contribution in [3.63, 3.8) is 0 Å². The van der Waals surface area contributed by atoms with Gasteiger partial charge in [0.25, 0.3) is 0 Å². The number of thiophene rings is 1. The number of benzene rings is 1. The molecule has 0 atom stereocenters. The molecule has 0 bridgehead atoms. The van der Waals surface area contributed by atoms with Crippen molar-refractivity contribution < 1.29 is 13.5 Å². The molecule has 2 aromatic heterocycles. The Morgan fingerprint density at radius 3 is 2.65 bits per heavy atom. The van der Waals surface area contributed by atoms with Crippen LogP contribution in [-0.4, -0.2) is 40.1 Å². The Balaban J connectivity index is 1.55. The van der Waals surface area contributed by atoms with Crippen LogP contribution in [0.5, 0.6) is 6.01 Å². The third-order valence-corrected chi connectivity index (χ3v) is 8.89. The molecule has 7 nitrogen and oxygen atoms in total. The molecule has 0 spiro atoms. The number of nitrogens with two attached hydrogens (primary N) is 2. The summed E-state index contributed by atoms with van der Waals surface area (Å²) in [7, 11) is 0. The van der Waals surface area contributed by atoms with E-state index in [0.29, 0.717) is 35.1 Å². The van der Waals surface area contributed by atoms with Crippen LogP contribution in [0.25, 0.3) is 28.4 Å². The van der Waals surface area contributed by atoms with Crippen LogP contribution in [0.2, 0.25) is 0 Å². The number of aromatic nitrogens is 2. The van der Waals surface area contributed by atoms with Gasteiger partial charge in [0, 0.05) is 5.56 Å². The maximum atomic E-state index is 16.2. The highest BCUT2D eigenvalue weighted by Gasteiger charge is 2.45. The lowest BCUT2D eigenvalue weighted by Crippen LogP contribution is -2.43. The third kappa shape index (κ3) is 4.84. The Morgan fingerprint density at radius 1 is 1.30 bits per heavy atom. The summed E-state index contributed by atoms with van der Waals surface area (Å²) in [5, 5.41) is 9.73. The standard InChI is InChI=1S/C30H32F2N6OS/c1-4-19-20(8-5-9-21(31)22-14-18(15-33)28(35)40-22)25(32)26-24(23(19)17(2)3)27(34)37-29(36-26)39-16-30-10-6-12-38(30)13-7-11-30/h5,8-9,14H,2,4,6-7,10-13,16,35H2,1,3H3,(H2,34,36,37)/b8-5+,21-9+. The molecule has 0 saturated carbocycles. The van der Waals surface area contributed by atoms with Crippen molar-refractivity contribution in [2.45, 2.75) is 51.5 Å². The zero-order chi connectivity index (χ0) is 28.6. The van der Waals surface area contributed by atoms with Crippen molar-refractivity contribution in [2.75, 3.05) is 31.2 Å². The van der Waals surface area contributed by atoms with Crippen LogP contribution in [0.1, 0.15) is 66.7 Å². The van der Waals surface area contributed by atoms with E-state index in [2.05, 4.69) is 21.4 Å². The van der Waals surface area contributed by atoms with Gasteiger partial charge in [0.05, 0.1) is 21.4 Å². The Labute approximate surface area is 236 Å². The van der Waals surface area contributed by atoms with E-state index in [1.807, 2.05) is 19.9 Å². The highest BCUT2D eigenvalue weighted by Crippen LogP contribution is 2.40. The molecule has 0 amide bonds. The molecule has 2 aliphatic rings. The van der Waals surface area contributed by atoms with Crippen molar-refractivity contribution in [3.05, 3.63) is 57.7 Å². The van der Waals surface area contributed by atoms with E-state index in [1.165, 1.54) is 24.3 Å². The molecule has 10 heteroatoms. The maximum Gasteiger partial charge on any atom is 0.319 e. The zero-order valence-electron chi connectivity index (χ0n) is 22.7. The summed E-state index contributed by atoms with van der Waals surface area (Å²) in [4.78, 5) is 11.6. The van der Waals surface area contributed by atoms with Gasteiger partial charge in [-0.3, -0.25) is 4.90 Å². The second-order valence-electron chi connectivity index (χ2n) is 10.4. The summed E-state index contributed by atoms with van der Waals surface area (Å²) >= 11 is 0.979. The van der Waals surface area contributed by atoms with Gasteiger partial charge in [-0.1, -0.05) is 25.7 Å². The van der Waals surface area contributed by atoms with Gasteiger partial charge in [0.2, 0.25) is 0 Å². The minimum Gasteiger partial charge on any atom is -0.461 e. The summed E-state index contributed by atoms with van der Waals surface area (Å²) in [5.41, 5.74) is 14.7. The van der Waals surface area contributed by atoms with Gasteiger partial charge in [-0.25, -0.2) is 8.78 Å². The Morgan fingerprint density at radius 2 is 2.02 bits per heavy atom. The number of halogens is 2. The molecule has 2 saturated heterocycles. The molecule has 40 heavy (non-hydrogen) atoms. The van der Waals surface area contributed by atoms with Gasteiger partial charge < -0.3 is 16.2 Å². The summed E-state index contributed by atoms with van der Waals surface area (Å²) in [6, 6.07) is 3.37. The largest absolute Gasteiger partial charge is 0.461 e. The normalized spacial score (nSPS) is 17.0. The van der Waals surface area contributed by atoms with Crippen LogP contribution >= 0.6 is 11.3 Å². The lowest BCUT2D eigenvalue weighted by molar-refractivity contribution is 0.108. The number of hydrogen-bond donors (Lipinski definition) is 2. The summed E-state index contributed by atoms with van der Waals surface area (Å²) in [6.45, 7) is 10.4. The van der Waals surface area contributed by atoms with Crippen molar-refractivity contribution in [1.82, 2.24) is 14.9 Å². The van der Waals surface area contributed by atoms with Crippen LogP contribution in [0.15, 0.2) is 24.8 Å². The average Bonchev–Trinajstić information content (AvgIpc) is 3.62. The molecule has 3 aromatic rings. The fourth-order valence-corrected chi connectivity index (χ4v) is 6.86. The third-order valence-electron chi connectivity index (χ3n) is 7.92. The molecule has 5 rings (SSSR count). The van der Waals surface area contributed by atoms with Crippen LogP contribution in [0, 0.1) is 17.1 Å². The molecule has 208 valence electrons. The van der Waals surface area contributed by atoms with E-state index in [-0.39, 0.29) is 43.9 Å². The van der Waals surface area contributed by atoms with Gasteiger partial charge in [-0.15, -0.1) is 11.3 Å². The topological polar surface area (TPSA) is 114 Å². The van der Waals surface area contributed by atoms with Crippen molar-refractivity contribution >= 4 is 50.5 Å². The lowest BCUT2D eigenvalue weighted by Gasteiger charge is -2.31. The van der Waals surface area contributed by atoms with Gasteiger partial charge in [-0.2, -0.15) is 15.2 Å². The van der Waals surface area contributed by atoms with E-state index >= 15 is 4.39 Å². The molecular formula is C30H32F2N6OS.